The number of hydrogen-bond donors (Lipinski definition) is 2. The fourth-order valence-electron chi connectivity index (χ4n) is 1.57. The molecule has 0 radical (unpaired) electrons. The van der Waals surface area contributed by atoms with E-state index < -0.39 is 11.9 Å². The minimum absolute atomic E-state index is 0.0518. The zero-order chi connectivity index (χ0) is 12.8. The van der Waals surface area contributed by atoms with Gasteiger partial charge in [-0.2, -0.15) is 0 Å². The highest BCUT2D eigenvalue weighted by molar-refractivity contribution is 5.93. The molecule has 0 aromatic heterocycles. The van der Waals surface area contributed by atoms with E-state index in [4.69, 9.17) is 10.8 Å². The summed E-state index contributed by atoms with van der Waals surface area (Å²) in [6, 6.07) is 6.61. The first-order valence-electron chi connectivity index (χ1n) is 5.41. The smallest absolute Gasteiger partial charge is 0.323 e. The van der Waals surface area contributed by atoms with Crippen molar-refractivity contribution in [1.29, 1.82) is 0 Å². The summed E-state index contributed by atoms with van der Waals surface area (Å²) >= 11 is 0. The quantitative estimate of drug-likeness (QED) is 0.774. The van der Waals surface area contributed by atoms with Gasteiger partial charge in [0.1, 0.15) is 6.54 Å². The monoisotopic (exact) mass is 236 g/mol. The fourth-order valence-corrected chi connectivity index (χ4v) is 1.57. The SMILES string of the molecule is CCCN(CC(=O)O)c1ccc(C(N)=O)cc1. The Morgan fingerprint density at radius 3 is 2.29 bits per heavy atom. The van der Waals surface area contributed by atoms with Crippen LogP contribution in [0, 0.1) is 0 Å². The van der Waals surface area contributed by atoms with E-state index in [1.807, 2.05) is 6.92 Å². The van der Waals surface area contributed by atoms with Gasteiger partial charge < -0.3 is 15.7 Å². The second-order valence-electron chi connectivity index (χ2n) is 3.73. The van der Waals surface area contributed by atoms with Gasteiger partial charge in [0.15, 0.2) is 0 Å². The molecule has 0 spiro atoms. The van der Waals surface area contributed by atoms with E-state index in [-0.39, 0.29) is 6.54 Å². The van der Waals surface area contributed by atoms with E-state index >= 15 is 0 Å². The van der Waals surface area contributed by atoms with E-state index in [2.05, 4.69) is 0 Å². The number of benzene rings is 1. The lowest BCUT2D eigenvalue weighted by atomic mass is 10.2. The van der Waals surface area contributed by atoms with Crippen molar-refractivity contribution < 1.29 is 14.7 Å². The Morgan fingerprint density at radius 1 is 1.29 bits per heavy atom. The molecule has 3 N–H and O–H groups in total. The van der Waals surface area contributed by atoms with Gasteiger partial charge in [-0.25, -0.2) is 0 Å². The van der Waals surface area contributed by atoms with Gasteiger partial charge in [-0.15, -0.1) is 0 Å². The summed E-state index contributed by atoms with van der Waals surface area (Å²) in [5.41, 5.74) is 6.33. The molecule has 92 valence electrons. The van der Waals surface area contributed by atoms with Crippen LogP contribution >= 0.6 is 0 Å². The van der Waals surface area contributed by atoms with Crippen LogP contribution in [0.3, 0.4) is 0 Å². The number of nitrogens with zero attached hydrogens (tertiary/aromatic N) is 1. The molecule has 1 aromatic rings. The number of rotatable bonds is 6. The number of carbonyl (C=O) groups is 2. The third-order valence-electron chi connectivity index (χ3n) is 2.34. The molecule has 1 amide bonds. The average molecular weight is 236 g/mol. The van der Waals surface area contributed by atoms with E-state index in [9.17, 15) is 9.59 Å². The summed E-state index contributed by atoms with van der Waals surface area (Å²) in [6.45, 7) is 2.58. The molecule has 0 aliphatic carbocycles. The molecule has 17 heavy (non-hydrogen) atoms. The number of anilines is 1. The van der Waals surface area contributed by atoms with E-state index in [0.29, 0.717) is 12.1 Å². The van der Waals surface area contributed by atoms with Gasteiger partial charge >= 0.3 is 5.97 Å². The third-order valence-corrected chi connectivity index (χ3v) is 2.34. The topological polar surface area (TPSA) is 83.6 Å². The number of primary amides is 1. The van der Waals surface area contributed by atoms with Gasteiger partial charge in [0.25, 0.3) is 0 Å². The maximum Gasteiger partial charge on any atom is 0.323 e. The van der Waals surface area contributed by atoms with Crippen LogP contribution in [0.5, 0.6) is 0 Å². The normalized spacial score (nSPS) is 9.94. The van der Waals surface area contributed by atoms with Crippen LogP contribution in [-0.4, -0.2) is 30.1 Å². The van der Waals surface area contributed by atoms with E-state index in [1.54, 1.807) is 29.2 Å². The molecule has 5 heteroatoms. The number of amides is 1. The maximum atomic E-state index is 10.9. The molecule has 0 unspecified atom stereocenters. The summed E-state index contributed by atoms with van der Waals surface area (Å²) in [5.74, 6) is -1.37. The minimum Gasteiger partial charge on any atom is -0.480 e. The fraction of sp³-hybridized carbons (Fsp3) is 0.333. The van der Waals surface area contributed by atoms with Crippen LogP contribution in [0.2, 0.25) is 0 Å². The van der Waals surface area contributed by atoms with Gasteiger partial charge in [-0.3, -0.25) is 9.59 Å². The molecule has 1 aromatic carbocycles. The predicted octanol–water partition coefficient (Wildman–Crippen LogP) is 1.09. The lowest BCUT2D eigenvalue weighted by molar-refractivity contribution is -0.135. The van der Waals surface area contributed by atoms with Crippen LogP contribution in [0.25, 0.3) is 0 Å². The highest BCUT2D eigenvalue weighted by Crippen LogP contribution is 2.15. The van der Waals surface area contributed by atoms with Gasteiger partial charge in [-0.05, 0) is 30.7 Å². The van der Waals surface area contributed by atoms with Crippen molar-refractivity contribution in [3.8, 4) is 0 Å². The molecular weight excluding hydrogens is 220 g/mol. The molecule has 0 saturated carbocycles. The summed E-state index contributed by atoms with van der Waals surface area (Å²) in [4.78, 5) is 23.4. The minimum atomic E-state index is -0.877. The Kier molecular flexibility index (Phi) is 4.51. The van der Waals surface area contributed by atoms with Crippen molar-refractivity contribution >= 4 is 17.6 Å². The van der Waals surface area contributed by atoms with Gasteiger partial charge in [0.2, 0.25) is 5.91 Å². The van der Waals surface area contributed by atoms with Crippen molar-refractivity contribution in [1.82, 2.24) is 0 Å². The van der Waals surface area contributed by atoms with Gasteiger partial charge in [0.05, 0.1) is 0 Å². The van der Waals surface area contributed by atoms with Crippen molar-refractivity contribution in [2.75, 3.05) is 18.0 Å². The Morgan fingerprint density at radius 2 is 1.88 bits per heavy atom. The molecule has 0 saturated heterocycles. The van der Waals surface area contributed by atoms with Crippen molar-refractivity contribution in [3.63, 3.8) is 0 Å². The Hall–Kier alpha value is -2.04. The Balaban J connectivity index is 2.86. The first-order chi connectivity index (χ1) is 8.04. The first-order valence-corrected chi connectivity index (χ1v) is 5.41. The van der Waals surface area contributed by atoms with Crippen molar-refractivity contribution in [2.45, 2.75) is 13.3 Å². The molecule has 0 aliphatic heterocycles. The average Bonchev–Trinajstić information content (AvgIpc) is 2.28. The first kappa shape index (κ1) is 13.0. The van der Waals surface area contributed by atoms with Crippen LogP contribution in [-0.2, 0) is 4.79 Å². The predicted molar refractivity (Wildman–Crippen MR) is 65.1 cm³/mol. The molecule has 0 heterocycles. The van der Waals surface area contributed by atoms with Crippen molar-refractivity contribution in [3.05, 3.63) is 29.8 Å². The maximum absolute atomic E-state index is 10.9. The zero-order valence-corrected chi connectivity index (χ0v) is 9.72. The summed E-state index contributed by atoms with van der Waals surface area (Å²) in [7, 11) is 0. The van der Waals surface area contributed by atoms with E-state index in [1.165, 1.54) is 0 Å². The van der Waals surface area contributed by atoms with Gasteiger partial charge in [0, 0.05) is 17.8 Å². The summed E-state index contributed by atoms with van der Waals surface area (Å²) in [6.07, 6.45) is 0.852. The van der Waals surface area contributed by atoms with Crippen LogP contribution in [0.1, 0.15) is 23.7 Å². The molecule has 0 bridgehead atoms. The molecule has 1 rings (SSSR count). The van der Waals surface area contributed by atoms with E-state index in [0.717, 1.165) is 12.1 Å². The highest BCUT2D eigenvalue weighted by atomic mass is 16.4. The number of carboxylic acid groups (broad SMARTS) is 1. The Bertz CT molecular complexity index is 401. The Labute approximate surface area is 99.8 Å². The second kappa shape index (κ2) is 5.89. The number of nitrogens with two attached hydrogens (primary N) is 1. The van der Waals surface area contributed by atoms with Gasteiger partial charge in [-0.1, -0.05) is 6.92 Å². The zero-order valence-electron chi connectivity index (χ0n) is 9.72. The number of carboxylic acids is 1. The molecule has 0 atom stereocenters. The number of carbonyl (C=O) groups excluding carboxylic acids is 1. The molecule has 0 aliphatic rings. The summed E-state index contributed by atoms with van der Waals surface area (Å²) in [5, 5.41) is 8.80. The largest absolute Gasteiger partial charge is 0.480 e. The highest BCUT2D eigenvalue weighted by Gasteiger charge is 2.10. The molecule has 5 nitrogen and oxygen atoms in total. The van der Waals surface area contributed by atoms with Crippen LogP contribution < -0.4 is 10.6 Å². The van der Waals surface area contributed by atoms with Crippen LogP contribution in [0.15, 0.2) is 24.3 Å². The molecule has 0 fully saturated rings. The number of aliphatic carboxylic acids is 1. The molecular formula is C12H16N2O3. The standard InChI is InChI=1S/C12H16N2O3/c1-2-7-14(8-11(15)16)10-5-3-9(4-6-10)12(13)17/h3-6H,2,7-8H2,1H3,(H2,13,17)(H,15,16). The second-order valence-corrected chi connectivity index (χ2v) is 3.73. The lowest BCUT2D eigenvalue weighted by Gasteiger charge is -2.22. The number of hydrogen-bond acceptors (Lipinski definition) is 3. The lowest BCUT2D eigenvalue weighted by Crippen LogP contribution is -2.30. The summed E-state index contributed by atoms with van der Waals surface area (Å²) < 4.78 is 0. The third kappa shape index (κ3) is 3.79. The van der Waals surface area contributed by atoms with Crippen molar-refractivity contribution in [2.24, 2.45) is 5.73 Å². The van der Waals surface area contributed by atoms with Crippen LogP contribution in [0.4, 0.5) is 5.69 Å².